The van der Waals surface area contributed by atoms with Gasteiger partial charge in [-0.25, -0.2) is 4.99 Å². The third-order valence-electron chi connectivity index (χ3n) is 2.42. The Morgan fingerprint density at radius 1 is 1.56 bits per heavy atom. The van der Waals surface area contributed by atoms with Gasteiger partial charge in [0.25, 0.3) is 0 Å². The molecule has 1 aliphatic rings. The fourth-order valence-electron chi connectivity index (χ4n) is 1.63. The van der Waals surface area contributed by atoms with Gasteiger partial charge < -0.3 is 10.5 Å². The predicted molar refractivity (Wildman–Crippen MR) is 67.6 cm³/mol. The third kappa shape index (κ3) is 3.18. The van der Waals surface area contributed by atoms with E-state index in [0.717, 1.165) is 38.5 Å². The molecule has 0 spiro atoms. The molecule has 16 heavy (non-hydrogen) atoms. The number of ether oxygens (including phenoxy) is 1. The number of nitrogens with zero attached hydrogens (tertiary/aromatic N) is 2. The van der Waals surface area contributed by atoms with Gasteiger partial charge in [-0.15, -0.1) is 11.3 Å². The van der Waals surface area contributed by atoms with Crippen LogP contribution >= 0.6 is 22.9 Å². The van der Waals surface area contributed by atoms with Crippen LogP contribution in [-0.2, 0) is 11.3 Å². The van der Waals surface area contributed by atoms with Crippen LogP contribution in [0, 0.1) is 0 Å². The van der Waals surface area contributed by atoms with Crippen LogP contribution in [0.1, 0.15) is 4.88 Å². The minimum absolute atomic E-state index is 0.0848. The first-order valence-electron chi connectivity index (χ1n) is 5.12. The summed E-state index contributed by atoms with van der Waals surface area (Å²) in [7, 11) is 0. The Bertz CT molecular complexity index is 370. The van der Waals surface area contributed by atoms with Crippen molar-refractivity contribution in [3.8, 4) is 0 Å². The highest BCUT2D eigenvalue weighted by atomic mass is 35.5. The van der Waals surface area contributed by atoms with Crippen LogP contribution in [0.4, 0.5) is 5.69 Å². The maximum absolute atomic E-state index is 5.58. The Morgan fingerprint density at radius 3 is 3.00 bits per heavy atom. The van der Waals surface area contributed by atoms with Crippen LogP contribution in [0.25, 0.3) is 0 Å². The fourth-order valence-corrected chi connectivity index (χ4v) is 2.57. The van der Waals surface area contributed by atoms with E-state index in [9.17, 15) is 0 Å². The minimum atomic E-state index is 0.0848. The highest BCUT2D eigenvalue weighted by Crippen LogP contribution is 2.27. The number of nitrogens with two attached hydrogens (primary N) is 1. The molecule has 1 aromatic rings. The topological polar surface area (TPSA) is 50.8 Å². The Labute approximate surface area is 104 Å². The summed E-state index contributed by atoms with van der Waals surface area (Å²) in [6, 6.07) is 1.94. The van der Waals surface area contributed by atoms with Crippen LogP contribution in [0.5, 0.6) is 0 Å². The second kappa shape index (κ2) is 5.63. The molecule has 1 aliphatic heterocycles. The molecule has 0 unspecified atom stereocenters. The van der Waals surface area contributed by atoms with Gasteiger partial charge in [0, 0.05) is 24.5 Å². The molecule has 88 valence electrons. The number of rotatable bonds is 3. The molecule has 0 aliphatic carbocycles. The summed E-state index contributed by atoms with van der Waals surface area (Å²) >= 11 is 7.26. The third-order valence-corrected chi connectivity index (χ3v) is 3.40. The number of hydrogen-bond acceptors (Lipinski definition) is 4. The number of hydrogen-bond donors (Lipinski definition) is 1. The van der Waals surface area contributed by atoms with Gasteiger partial charge in [-0.2, -0.15) is 0 Å². The number of amidine groups is 1. The van der Waals surface area contributed by atoms with Crippen LogP contribution in [0.3, 0.4) is 0 Å². The number of morpholine rings is 1. The molecule has 2 heterocycles. The van der Waals surface area contributed by atoms with Crippen molar-refractivity contribution in [2.24, 2.45) is 10.7 Å². The lowest BCUT2D eigenvalue weighted by molar-refractivity contribution is 0.0347. The van der Waals surface area contributed by atoms with Crippen molar-refractivity contribution >= 4 is 33.9 Å². The highest BCUT2D eigenvalue weighted by molar-refractivity contribution is 7.10. The average Bonchev–Trinajstić information content (AvgIpc) is 2.66. The molecule has 1 saturated heterocycles. The van der Waals surface area contributed by atoms with Crippen molar-refractivity contribution in [3.63, 3.8) is 0 Å². The highest BCUT2D eigenvalue weighted by Gasteiger charge is 2.13. The zero-order valence-electron chi connectivity index (χ0n) is 8.86. The summed E-state index contributed by atoms with van der Waals surface area (Å²) < 4.78 is 5.31. The van der Waals surface area contributed by atoms with Gasteiger partial charge in [0.2, 0.25) is 0 Å². The van der Waals surface area contributed by atoms with E-state index in [-0.39, 0.29) is 5.29 Å². The van der Waals surface area contributed by atoms with Crippen LogP contribution in [0.2, 0.25) is 0 Å². The minimum Gasteiger partial charge on any atom is -0.379 e. The standard InChI is InChI=1S/C10H14ClN3OS/c11-10(12)13-8-1-6-16-9(8)7-14-2-4-15-5-3-14/h1,6H,2-5,7H2,(H2,12,13). The largest absolute Gasteiger partial charge is 0.379 e. The molecule has 0 aromatic carbocycles. The molecule has 0 radical (unpaired) electrons. The van der Waals surface area contributed by atoms with Crippen molar-refractivity contribution in [3.05, 3.63) is 16.3 Å². The van der Waals surface area contributed by atoms with E-state index in [0.29, 0.717) is 0 Å². The Kier molecular flexibility index (Phi) is 4.17. The predicted octanol–water partition coefficient (Wildman–Crippen LogP) is 1.77. The van der Waals surface area contributed by atoms with Crippen molar-refractivity contribution in [1.29, 1.82) is 0 Å². The lowest BCUT2D eigenvalue weighted by Crippen LogP contribution is -2.35. The number of thiophene rings is 1. The second-order valence-corrected chi connectivity index (χ2v) is 4.94. The second-order valence-electron chi connectivity index (χ2n) is 3.55. The lowest BCUT2D eigenvalue weighted by atomic mass is 10.3. The summed E-state index contributed by atoms with van der Waals surface area (Å²) in [6.07, 6.45) is 0. The van der Waals surface area contributed by atoms with E-state index in [1.54, 1.807) is 11.3 Å². The van der Waals surface area contributed by atoms with E-state index in [1.165, 1.54) is 4.88 Å². The van der Waals surface area contributed by atoms with Gasteiger partial charge in [-0.1, -0.05) is 0 Å². The summed E-state index contributed by atoms with van der Waals surface area (Å²) in [6.45, 7) is 4.45. The number of halogens is 1. The molecule has 0 atom stereocenters. The maximum Gasteiger partial charge on any atom is 0.193 e. The van der Waals surface area contributed by atoms with Gasteiger partial charge in [-0.3, -0.25) is 4.90 Å². The molecular formula is C10H14ClN3OS. The first-order chi connectivity index (χ1) is 7.75. The van der Waals surface area contributed by atoms with E-state index in [4.69, 9.17) is 22.1 Å². The van der Waals surface area contributed by atoms with Crippen molar-refractivity contribution in [1.82, 2.24) is 4.90 Å². The summed E-state index contributed by atoms with van der Waals surface area (Å²) in [4.78, 5) is 7.64. The smallest absolute Gasteiger partial charge is 0.193 e. The molecule has 1 fully saturated rings. The average molecular weight is 260 g/mol. The molecule has 0 saturated carbocycles. The summed E-state index contributed by atoms with van der Waals surface area (Å²) in [5.41, 5.74) is 6.25. The van der Waals surface area contributed by atoms with Gasteiger partial charge in [0.05, 0.1) is 18.9 Å². The molecule has 2 rings (SSSR count). The SMILES string of the molecule is NC(Cl)=Nc1ccsc1CN1CCOCC1. The Hall–Kier alpha value is -0.620. The Morgan fingerprint density at radius 2 is 2.31 bits per heavy atom. The van der Waals surface area contributed by atoms with Gasteiger partial charge in [0.1, 0.15) is 0 Å². The van der Waals surface area contributed by atoms with Crippen LogP contribution in [-0.4, -0.2) is 36.5 Å². The van der Waals surface area contributed by atoms with Crippen molar-refractivity contribution in [2.75, 3.05) is 26.3 Å². The fraction of sp³-hybridized carbons (Fsp3) is 0.500. The van der Waals surface area contributed by atoms with E-state index in [2.05, 4.69) is 9.89 Å². The van der Waals surface area contributed by atoms with Gasteiger partial charge >= 0.3 is 0 Å². The summed E-state index contributed by atoms with van der Waals surface area (Å²) in [5, 5.41) is 2.09. The molecule has 0 bridgehead atoms. The van der Waals surface area contributed by atoms with Crippen molar-refractivity contribution < 1.29 is 4.74 Å². The molecule has 1 aromatic heterocycles. The van der Waals surface area contributed by atoms with E-state index < -0.39 is 0 Å². The quantitative estimate of drug-likeness (QED) is 0.511. The first-order valence-corrected chi connectivity index (χ1v) is 6.37. The summed E-state index contributed by atoms with van der Waals surface area (Å²) in [5.74, 6) is 0. The van der Waals surface area contributed by atoms with Gasteiger partial charge in [0.15, 0.2) is 5.29 Å². The van der Waals surface area contributed by atoms with Gasteiger partial charge in [-0.05, 0) is 23.0 Å². The van der Waals surface area contributed by atoms with Crippen LogP contribution in [0.15, 0.2) is 16.4 Å². The molecular weight excluding hydrogens is 246 g/mol. The zero-order valence-corrected chi connectivity index (χ0v) is 10.4. The van der Waals surface area contributed by atoms with Crippen molar-refractivity contribution in [2.45, 2.75) is 6.54 Å². The lowest BCUT2D eigenvalue weighted by Gasteiger charge is -2.26. The maximum atomic E-state index is 5.58. The van der Waals surface area contributed by atoms with Crippen LogP contribution < -0.4 is 5.73 Å². The molecule has 2 N–H and O–H groups in total. The normalized spacial score (nSPS) is 18.9. The van der Waals surface area contributed by atoms with E-state index in [1.807, 2.05) is 11.4 Å². The number of aliphatic imine (C=N–C) groups is 1. The van der Waals surface area contributed by atoms with E-state index >= 15 is 0 Å². The Balaban J connectivity index is 2.03. The zero-order chi connectivity index (χ0) is 11.4. The monoisotopic (exact) mass is 259 g/mol. The molecule has 4 nitrogen and oxygen atoms in total. The first kappa shape index (κ1) is 11.9. The molecule has 6 heteroatoms. The molecule has 0 amide bonds.